The number of para-hydroxylation sites is 1. The van der Waals surface area contributed by atoms with E-state index in [1.54, 1.807) is 0 Å². The Morgan fingerprint density at radius 1 is 0.385 bits per heavy atom. The molecule has 2 nitrogen and oxygen atoms in total. The zero-order valence-corrected chi connectivity index (χ0v) is 29.5. The minimum Gasteiger partial charge on any atom is -0.456 e. The fourth-order valence-corrected chi connectivity index (χ4v) is 10.2. The maximum absolute atomic E-state index is 6.39. The van der Waals surface area contributed by atoms with Gasteiger partial charge in [-0.1, -0.05) is 115 Å². The first-order valence-electron chi connectivity index (χ1n) is 17.5. The molecule has 0 aliphatic rings. The molecule has 0 spiro atoms. The number of rotatable bonds is 5. The third kappa shape index (κ3) is 4.62. The van der Waals surface area contributed by atoms with Crippen molar-refractivity contribution in [3.8, 4) is 22.3 Å². The molecule has 0 saturated heterocycles. The molecular formula is C48H29NOS2. The number of hydrogen-bond acceptors (Lipinski definition) is 4. The summed E-state index contributed by atoms with van der Waals surface area (Å²) in [7, 11) is 0. The van der Waals surface area contributed by atoms with Gasteiger partial charge in [0.2, 0.25) is 0 Å². The second kappa shape index (κ2) is 11.7. The number of hydrogen-bond donors (Lipinski definition) is 0. The molecule has 4 heteroatoms. The van der Waals surface area contributed by atoms with E-state index in [9.17, 15) is 0 Å². The van der Waals surface area contributed by atoms with Crippen molar-refractivity contribution in [1.82, 2.24) is 0 Å². The van der Waals surface area contributed by atoms with Crippen molar-refractivity contribution in [1.29, 1.82) is 0 Å². The van der Waals surface area contributed by atoms with Crippen LogP contribution in [-0.4, -0.2) is 0 Å². The molecule has 244 valence electrons. The minimum atomic E-state index is 0.878. The van der Waals surface area contributed by atoms with E-state index in [-0.39, 0.29) is 0 Å². The van der Waals surface area contributed by atoms with Gasteiger partial charge in [0.15, 0.2) is 0 Å². The van der Waals surface area contributed by atoms with Gasteiger partial charge in [-0.05, 0) is 82.9 Å². The predicted molar refractivity (Wildman–Crippen MR) is 225 cm³/mol. The normalized spacial score (nSPS) is 11.8. The highest BCUT2D eigenvalue weighted by Crippen LogP contribution is 2.46. The number of benzene rings is 8. The van der Waals surface area contributed by atoms with Crippen molar-refractivity contribution in [2.24, 2.45) is 0 Å². The van der Waals surface area contributed by atoms with Crippen LogP contribution in [0.1, 0.15) is 0 Å². The summed E-state index contributed by atoms with van der Waals surface area (Å²) in [5, 5.41) is 7.48. The van der Waals surface area contributed by atoms with Crippen molar-refractivity contribution in [3.63, 3.8) is 0 Å². The van der Waals surface area contributed by atoms with E-state index in [0.29, 0.717) is 0 Å². The summed E-state index contributed by atoms with van der Waals surface area (Å²) in [6.45, 7) is 0. The standard InChI is InChI=1S/C48H29NOS2/c1-4-18-42-40(14-1)47-41(17-9-19-43(47)50-42)49(33-25-22-30(23-26-33)31-24-27-38-36-12-2-5-20-44(36)51-46(38)29-31)34-11-7-10-32(28-34)35-15-8-16-39-37-13-3-6-21-45(37)52-48(35)39/h1-29H. The summed E-state index contributed by atoms with van der Waals surface area (Å²) < 4.78 is 11.7. The van der Waals surface area contributed by atoms with Crippen molar-refractivity contribution in [2.75, 3.05) is 4.90 Å². The molecular weight excluding hydrogens is 671 g/mol. The SMILES string of the molecule is c1cc(-c2cccc3c2sc2ccccc23)cc(N(c2ccc(-c3ccc4c(c3)sc3ccccc34)cc2)c2cccc3oc4ccccc4c23)c1. The minimum absolute atomic E-state index is 0.878. The lowest BCUT2D eigenvalue weighted by Crippen LogP contribution is -2.10. The molecule has 0 radical (unpaired) electrons. The van der Waals surface area contributed by atoms with E-state index in [4.69, 9.17) is 4.42 Å². The van der Waals surface area contributed by atoms with Gasteiger partial charge in [-0.2, -0.15) is 0 Å². The van der Waals surface area contributed by atoms with Gasteiger partial charge in [-0.25, -0.2) is 0 Å². The van der Waals surface area contributed by atoms with Crippen LogP contribution in [0.25, 0.3) is 84.5 Å². The Labute approximate surface area is 308 Å². The highest BCUT2D eigenvalue weighted by atomic mass is 32.1. The zero-order chi connectivity index (χ0) is 34.2. The van der Waals surface area contributed by atoms with Gasteiger partial charge >= 0.3 is 0 Å². The van der Waals surface area contributed by atoms with Gasteiger partial charge < -0.3 is 9.32 Å². The van der Waals surface area contributed by atoms with Gasteiger partial charge in [0.25, 0.3) is 0 Å². The largest absolute Gasteiger partial charge is 0.456 e. The monoisotopic (exact) mass is 699 g/mol. The van der Waals surface area contributed by atoms with Crippen LogP contribution < -0.4 is 4.90 Å². The summed E-state index contributed by atoms with van der Waals surface area (Å²) in [5.41, 5.74) is 9.88. The smallest absolute Gasteiger partial charge is 0.137 e. The van der Waals surface area contributed by atoms with E-state index >= 15 is 0 Å². The number of anilines is 3. The van der Waals surface area contributed by atoms with E-state index in [1.165, 1.54) is 62.6 Å². The van der Waals surface area contributed by atoms with Crippen LogP contribution in [0.5, 0.6) is 0 Å². The predicted octanol–water partition coefficient (Wildman–Crippen LogP) is 15.1. The van der Waals surface area contributed by atoms with Crippen molar-refractivity contribution in [2.45, 2.75) is 0 Å². The fourth-order valence-electron chi connectivity index (χ4n) is 7.86. The van der Waals surface area contributed by atoms with Crippen LogP contribution >= 0.6 is 22.7 Å². The van der Waals surface area contributed by atoms with Crippen LogP contribution in [0.4, 0.5) is 17.1 Å². The Kier molecular flexibility index (Phi) is 6.63. The molecule has 0 amide bonds. The number of fused-ring (bicyclic) bond motifs is 9. The summed E-state index contributed by atoms with van der Waals surface area (Å²) in [5.74, 6) is 0. The highest BCUT2D eigenvalue weighted by molar-refractivity contribution is 7.26. The van der Waals surface area contributed by atoms with Crippen LogP contribution in [0.3, 0.4) is 0 Å². The average Bonchev–Trinajstić information content (AvgIpc) is 3.90. The Hall–Kier alpha value is -6.20. The molecule has 0 aliphatic heterocycles. The van der Waals surface area contributed by atoms with E-state index < -0.39 is 0 Å². The molecule has 0 unspecified atom stereocenters. The number of furan rings is 1. The van der Waals surface area contributed by atoms with Crippen LogP contribution in [0, 0.1) is 0 Å². The lowest BCUT2D eigenvalue weighted by molar-refractivity contribution is 0.669. The summed E-state index contributed by atoms with van der Waals surface area (Å²) in [6.07, 6.45) is 0. The summed E-state index contributed by atoms with van der Waals surface area (Å²) in [6, 6.07) is 63.7. The molecule has 3 aromatic heterocycles. The molecule has 3 heterocycles. The average molecular weight is 700 g/mol. The lowest BCUT2D eigenvalue weighted by atomic mass is 10.0. The molecule has 0 fully saturated rings. The van der Waals surface area contributed by atoms with Crippen LogP contribution in [-0.2, 0) is 0 Å². The topological polar surface area (TPSA) is 16.4 Å². The number of nitrogens with zero attached hydrogens (tertiary/aromatic N) is 1. The van der Waals surface area contributed by atoms with Crippen LogP contribution in [0.2, 0.25) is 0 Å². The maximum Gasteiger partial charge on any atom is 0.137 e. The quantitative estimate of drug-likeness (QED) is 0.178. The first-order valence-corrected chi connectivity index (χ1v) is 19.1. The first-order chi connectivity index (χ1) is 25.8. The molecule has 0 N–H and O–H groups in total. The lowest BCUT2D eigenvalue weighted by Gasteiger charge is -2.27. The molecule has 11 rings (SSSR count). The van der Waals surface area contributed by atoms with Crippen LogP contribution in [0.15, 0.2) is 180 Å². The Morgan fingerprint density at radius 2 is 1.04 bits per heavy atom. The van der Waals surface area contributed by atoms with Gasteiger partial charge in [0.05, 0.1) is 11.1 Å². The molecule has 11 aromatic rings. The number of thiophene rings is 2. The first kappa shape index (κ1) is 29.5. The molecule has 0 atom stereocenters. The highest BCUT2D eigenvalue weighted by Gasteiger charge is 2.20. The molecule has 0 saturated carbocycles. The van der Waals surface area contributed by atoms with Gasteiger partial charge in [-0.15, -0.1) is 22.7 Å². The van der Waals surface area contributed by atoms with Gasteiger partial charge in [-0.3, -0.25) is 0 Å². The summed E-state index contributed by atoms with van der Waals surface area (Å²) >= 11 is 3.73. The molecule has 52 heavy (non-hydrogen) atoms. The van der Waals surface area contributed by atoms with E-state index in [2.05, 4.69) is 175 Å². The Balaban J connectivity index is 1.08. The Bertz CT molecular complexity index is 3150. The zero-order valence-electron chi connectivity index (χ0n) is 27.9. The second-order valence-corrected chi connectivity index (χ2v) is 15.4. The van der Waals surface area contributed by atoms with Crippen molar-refractivity contribution < 1.29 is 4.42 Å². The molecule has 0 bridgehead atoms. The van der Waals surface area contributed by atoms with Crippen molar-refractivity contribution >= 4 is 102 Å². The van der Waals surface area contributed by atoms with E-state index in [0.717, 1.165) is 39.0 Å². The molecule has 0 aliphatic carbocycles. The third-order valence-corrected chi connectivity index (χ3v) is 12.6. The summed E-state index contributed by atoms with van der Waals surface area (Å²) in [4.78, 5) is 2.39. The third-order valence-electron chi connectivity index (χ3n) is 10.3. The molecule has 8 aromatic carbocycles. The van der Waals surface area contributed by atoms with Gasteiger partial charge in [0.1, 0.15) is 11.2 Å². The Morgan fingerprint density at radius 3 is 1.90 bits per heavy atom. The van der Waals surface area contributed by atoms with E-state index in [1.807, 2.05) is 28.7 Å². The van der Waals surface area contributed by atoms with Crippen molar-refractivity contribution in [3.05, 3.63) is 176 Å². The second-order valence-electron chi connectivity index (χ2n) is 13.3. The fraction of sp³-hybridized carbons (Fsp3) is 0. The maximum atomic E-state index is 6.39. The van der Waals surface area contributed by atoms with Gasteiger partial charge in [0, 0.05) is 57.1 Å².